The first-order valence-corrected chi connectivity index (χ1v) is 30.8. The van der Waals surface area contributed by atoms with E-state index in [0.29, 0.717) is 19.3 Å². The summed E-state index contributed by atoms with van der Waals surface area (Å²) in [6.45, 7) is 6.53. The zero-order chi connectivity index (χ0) is 51.4. The molecule has 1 atom stereocenters. The molecule has 0 aromatic rings. The van der Waals surface area contributed by atoms with Gasteiger partial charge in [-0.2, -0.15) is 0 Å². The molecule has 0 N–H and O–H groups in total. The zero-order valence-corrected chi connectivity index (χ0v) is 47.2. The molecule has 0 rings (SSSR count). The smallest absolute Gasteiger partial charge is 0.306 e. The predicted octanol–water partition coefficient (Wildman–Crippen LogP) is 20.8. The Labute approximate surface area is 440 Å². The highest BCUT2D eigenvalue weighted by Gasteiger charge is 2.19. The van der Waals surface area contributed by atoms with Crippen LogP contribution in [0.3, 0.4) is 0 Å². The highest BCUT2D eigenvalue weighted by Crippen LogP contribution is 2.17. The number of carbonyl (C=O) groups is 3. The van der Waals surface area contributed by atoms with Gasteiger partial charge in [-0.3, -0.25) is 14.4 Å². The van der Waals surface area contributed by atoms with Crippen molar-refractivity contribution in [2.45, 2.75) is 322 Å². The zero-order valence-electron chi connectivity index (χ0n) is 47.2. The molecule has 412 valence electrons. The van der Waals surface area contributed by atoms with Gasteiger partial charge in [0.25, 0.3) is 0 Å². The molecule has 71 heavy (non-hydrogen) atoms. The Kier molecular flexibility index (Phi) is 57.2. The van der Waals surface area contributed by atoms with Crippen molar-refractivity contribution in [2.75, 3.05) is 13.2 Å². The van der Waals surface area contributed by atoms with E-state index < -0.39 is 6.10 Å². The van der Waals surface area contributed by atoms with Gasteiger partial charge < -0.3 is 14.2 Å². The Morgan fingerprint density at radius 3 is 0.845 bits per heavy atom. The molecule has 0 aliphatic rings. The second-order valence-electron chi connectivity index (χ2n) is 20.6. The number of unbranched alkanes of at least 4 members (excludes halogenated alkanes) is 35. The molecular weight excluding hydrogens is 877 g/mol. The normalized spacial score (nSPS) is 12.4. The molecule has 0 aliphatic heterocycles. The van der Waals surface area contributed by atoms with Gasteiger partial charge in [-0.1, -0.05) is 274 Å². The Balaban J connectivity index is 3.97. The summed E-state index contributed by atoms with van der Waals surface area (Å²) >= 11 is 0. The fraction of sp³-hybridized carbons (Fsp3) is 0.800. The van der Waals surface area contributed by atoms with Crippen molar-refractivity contribution in [3.8, 4) is 0 Å². The topological polar surface area (TPSA) is 78.9 Å². The summed E-state index contributed by atoms with van der Waals surface area (Å²) in [4.78, 5) is 37.9. The van der Waals surface area contributed by atoms with E-state index in [0.717, 1.165) is 103 Å². The SMILES string of the molecule is CCC/C=C\C/C=C\CCCCCCCC(=O)OC(COC(=O)CCCCCCCCC)COC(=O)CCCCCCCCCCCCCCCCCCCC/C=C\C/C=C\C/C=C\CCCCCCC. The first-order valence-electron chi connectivity index (χ1n) is 30.8. The van der Waals surface area contributed by atoms with Crippen LogP contribution in [0.1, 0.15) is 316 Å². The minimum absolute atomic E-state index is 0.0766. The minimum Gasteiger partial charge on any atom is -0.462 e. The summed E-state index contributed by atoms with van der Waals surface area (Å²) in [5, 5.41) is 0. The van der Waals surface area contributed by atoms with E-state index in [9.17, 15) is 14.4 Å². The lowest BCUT2D eigenvalue weighted by Gasteiger charge is -2.18. The number of ether oxygens (including phenoxy) is 3. The molecule has 0 saturated heterocycles. The summed E-state index contributed by atoms with van der Waals surface area (Å²) in [6.07, 6.45) is 75.5. The Hall–Kier alpha value is -2.89. The summed E-state index contributed by atoms with van der Waals surface area (Å²) in [5.74, 6) is -0.887. The van der Waals surface area contributed by atoms with Crippen molar-refractivity contribution in [1.82, 2.24) is 0 Å². The van der Waals surface area contributed by atoms with Crippen LogP contribution in [0.15, 0.2) is 60.8 Å². The van der Waals surface area contributed by atoms with Gasteiger partial charge in [0, 0.05) is 19.3 Å². The molecular formula is C65H116O6. The van der Waals surface area contributed by atoms with Crippen LogP contribution in [0.4, 0.5) is 0 Å². The molecule has 0 amide bonds. The van der Waals surface area contributed by atoms with Crippen LogP contribution < -0.4 is 0 Å². The fourth-order valence-electron chi connectivity index (χ4n) is 8.84. The molecule has 0 bridgehead atoms. The minimum atomic E-state index is -0.776. The lowest BCUT2D eigenvalue weighted by Crippen LogP contribution is -2.30. The van der Waals surface area contributed by atoms with Gasteiger partial charge in [-0.05, 0) is 83.5 Å². The standard InChI is InChI=1S/C65H116O6/c1-4-7-10-13-16-18-20-22-23-24-25-26-27-28-29-30-31-32-33-34-35-36-37-38-39-40-41-43-44-46-49-52-55-58-64(67)70-61-62(60-69-63(66)57-54-51-48-15-12-9-6-3)71-65(68)59-56-53-50-47-45-42-21-19-17-14-11-8-5-2/h11,14,19-22,24-25,27-28,62H,4-10,12-13,15-18,23,26,29-61H2,1-3H3/b14-11-,21-19-,22-20-,25-24-,28-27-. The van der Waals surface area contributed by atoms with Crippen LogP contribution in [0.2, 0.25) is 0 Å². The second kappa shape index (κ2) is 59.7. The number of allylic oxidation sites excluding steroid dienone is 10. The number of carbonyl (C=O) groups excluding carboxylic acids is 3. The highest BCUT2D eigenvalue weighted by atomic mass is 16.6. The molecule has 6 nitrogen and oxygen atoms in total. The van der Waals surface area contributed by atoms with E-state index in [4.69, 9.17) is 14.2 Å². The Morgan fingerprint density at radius 1 is 0.282 bits per heavy atom. The van der Waals surface area contributed by atoms with Gasteiger partial charge in [0.2, 0.25) is 0 Å². The molecule has 0 radical (unpaired) electrons. The first kappa shape index (κ1) is 68.1. The average molecular weight is 994 g/mol. The van der Waals surface area contributed by atoms with Crippen molar-refractivity contribution < 1.29 is 28.6 Å². The van der Waals surface area contributed by atoms with Crippen molar-refractivity contribution in [1.29, 1.82) is 0 Å². The molecule has 0 fully saturated rings. The van der Waals surface area contributed by atoms with Gasteiger partial charge in [0.15, 0.2) is 6.10 Å². The van der Waals surface area contributed by atoms with Crippen molar-refractivity contribution >= 4 is 17.9 Å². The lowest BCUT2D eigenvalue weighted by molar-refractivity contribution is -0.167. The van der Waals surface area contributed by atoms with Gasteiger partial charge in [-0.15, -0.1) is 0 Å². The molecule has 0 aromatic carbocycles. The Bertz CT molecular complexity index is 1280. The van der Waals surface area contributed by atoms with Gasteiger partial charge in [-0.25, -0.2) is 0 Å². The van der Waals surface area contributed by atoms with Crippen LogP contribution in [0, 0.1) is 0 Å². The third kappa shape index (κ3) is 57.9. The molecule has 0 spiro atoms. The van der Waals surface area contributed by atoms with E-state index in [2.05, 4.69) is 81.5 Å². The van der Waals surface area contributed by atoms with Gasteiger partial charge in [0.05, 0.1) is 0 Å². The van der Waals surface area contributed by atoms with Crippen molar-refractivity contribution in [2.24, 2.45) is 0 Å². The predicted molar refractivity (Wildman–Crippen MR) is 307 cm³/mol. The maximum absolute atomic E-state index is 12.8. The number of esters is 3. The Morgan fingerprint density at radius 2 is 0.535 bits per heavy atom. The van der Waals surface area contributed by atoms with Crippen LogP contribution in [0.5, 0.6) is 0 Å². The van der Waals surface area contributed by atoms with E-state index in [1.165, 1.54) is 173 Å². The van der Waals surface area contributed by atoms with Gasteiger partial charge >= 0.3 is 17.9 Å². The molecule has 0 aliphatic carbocycles. The number of rotatable bonds is 56. The monoisotopic (exact) mass is 993 g/mol. The van der Waals surface area contributed by atoms with E-state index >= 15 is 0 Å². The molecule has 6 heteroatoms. The van der Waals surface area contributed by atoms with Gasteiger partial charge in [0.1, 0.15) is 13.2 Å². The maximum Gasteiger partial charge on any atom is 0.306 e. The van der Waals surface area contributed by atoms with Crippen LogP contribution in [-0.2, 0) is 28.6 Å². The number of hydrogen-bond acceptors (Lipinski definition) is 6. The third-order valence-electron chi connectivity index (χ3n) is 13.5. The summed E-state index contributed by atoms with van der Waals surface area (Å²) < 4.78 is 16.8. The first-order chi connectivity index (χ1) is 35.0. The van der Waals surface area contributed by atoms with E-state index in [1.807, 2.05) is 0 Å². The third-order valence-corrected chi connectivity index (χ3v) is 13.5. The summed E-state index contributed by atoms with van der Waals surface area (Å²) in [6, 6.07) is 0. The van der Waals surface area contributed by atoms with Crippen molar-refractivity contribution in [3.05, 3.63) is 60.8 Å². The van der Waals surface area contributed by atoms with Crippen molar-refractivity contribution in [3.63, 3.8) is 0 Å². The molecule has 1 unspecified atom stereocenters. The maximum atomic E-state index is 12.8. The van der Waals surface area contributed by atoms with Crippen LogP contribution in [0.25, 0.3) is 0 Å². The van der Waals surface area contributed by atoms with E-state index in [-0.39, 0.29) is 31.1 Å². The highest BCUT2D eigenvalue weighted by molar-refractivity contribution is 5.71. The average Bonchev–Trinajstić information content (AvgIpc) is 3.37. The number of hydrogen-bond donors (Lipinski definition) is 0. The lowest BCUT2D eigenvalue weighted by atomic mass is 10.0. The largest absolute Gasteiger partial charge is 0.462 e. The molecule has 0 saturated carbocycles. The second-order valence-corrected chi connectivity index (χ2v) is 20.6. The quantitative estimate of drug-likeness (QED) is 0.0261. The summed E-state index contributed by atoms with van der Waals surface area (Å²) in [5.41, 5.74) is 0. The van der Waals surface area contributed by atoms with E-state index in [1.54, 1.807) is 0 Å². The van der Waals surface area contributed by atoms with Crippen LogP contribution >= 0.6 is 0 Å². The summed E-state index contributed by atoms with van der Waals surface area (Å²) in [7, 11) is 0. The fourth-order valence-corrected chi connectivity index (χ4v) is 8.84. The van der Waals surface area contributed by atoms with Crippen LogP contribution in [-0.4, -0.2) is 37.2 Å². The molecule has 0 aromatic heterocycles. The molecule has 0 heterocycles.